The Kier molecular flexibility index (Phi) is 5.30. The van der Waals surface area contributed by atoms with E-state index < -0.39 is 5.60 Å². The van der Waals surface area contributed by atoms with Crippen LogP contribution in [0.5, 0.6) is 5.75 Å². The molecule has 2 unspecified atom stereocenters. The number of halogens is 1. The maximum atomic E-state index is 10.6. The van der Waals surface area contributed by atoms with Crippen LogP contribution >= 0.6 is 11.6 Å². The normalized spacial score (nSPS) is 26.5. The van der Waals surface area contributed by atoms with E-state index in [1.807, 2.05) is 18.2 Å². The third kappa shape index (κ3) is 4.11. The largest absolute Gasteiger partial charge is 0.496 e. The fraction of sp³-hybridized carbons (Fsp3) is 0.625. The van der Waals surface area contributed by atoms with Crippen LogP contribution < -0.4 is 10.1 Å². The van der Waals surface area contributed by atoms with E-state index in [0.717, 1.165) is 30.6 Å². The van der Waals surface area contributed by atoms with Crippen molar-refractivity contribution in [1.82, 2.24) is 5.32 Å². The van der Waals surface area contributed by atoms with Gasteiger partial charge < -0.3 is 15.2 Å². The van der Waals surface area contributed by atoms with Gasteiger partial charge in [0.05, 0.1) is 12.7 Å². The van der Waals surface area contributed by atoms with Crippen LogP contribution in [-0.4, -0.2) is 24.4 Å². The van der Waals surface area contributed by atoms with Gasteiger partial charge >= 0.3 is 0 Å². The first kappa shape index (κ1) is 15.6. The van der Waals surface area contributed by atoms with Gasteiger partial charge in [-0.1, -0.05) is 31.4 Å². The molecule has 3 nitrogen and oxygen atoms in total. The van der Waals surface area contributed by atoms with Crippen molar-refractivity contribution >= 4 is 11.6 Å². The van der Waals surface area contributed by atoms with Crippen LogP contribution in [0.25, 0.3) is 0 Å². The molecule has 2 rings (SSSR count). The predicted octanol–water partition coefficient (Wildman–Crippen LogP) is 3.38. The Balaban J connectivity index is 1.91. The number of benzene rings is 1. The maximum absolute atomic E-state index is 10.6. The molecular formula is C16H24ClNO2. The molecule has 0 amide bonds. The summed E-state index contributed by atoms with van der Waals surface area (Å²) in [5.74, 6) is 1.43. The molecule has 1 aromatic carbocycles. The lowest BCUT2D eigenvalue weighted by Crippen LogP contribution is -2.43. The molecule has 1 fully saturated rings. The van der Waals surface area contributed by atoms with Crippen molar-refractivity contribution in [2.45, 2.75) is 44.8 Å². The molecule has 0 aliphatic heterocycles. The van der Waals surface area contributed by atoms with Crippen LogP contribution in [0, 0.1) is 5.92 Å². The molecular weight excluding hydrogens is 274 g/mol. The second kappa shape index (κ2) is 6.79. The fourth-order valence-electron chi connectivity index (χ4n) is 3.11. The third-order valence-electron chi connectivity index (χ3n) is 4.08. The summed E-state index contributed by atoms with van der Waals surface area (Å²) in [6, 6.07) is 5.60. The molecule has 20 heavy (non-hydrogen) atoms. The van der Waals surface area contributed by atoms with Gasteiger partial charge in [-0.3, -0.25) is 0 Å². The molecule has 0 aromatic heterocycles. The quantitative estimate of drug-likeness (QED) is 0.875. The lowest BCUT2D eigenvalue weighted by molar-refractivity contribution is -0.0119. The fourth-order valence-corrected chi connectivity index (χ4v) is 3.30. The highest BCUT2D eigenvalue weighted by Gasteiger charge is 2.32. The highest BCUT2D eigenvalue weighted by Crippen LogP contribution is 2.31. The second-order valence-corrected chi connectivity index (χ2v) is 6.42. The van der Waals surface area contributed by atoms with E-state index in [0.29, 0.717) is 24.0 Å². The van der Waals surface area contributed by atoms with Crippen LogP contribution in [0.15, 0.2) is 18.2 Å². The number of aliphatic hydroxyl groups is 1. The SMILES string of the molecule is COc1ccc(Cl)cc1CNCC1(O)CCCC(C)C1. The average Bonchev–Trinajstić information content (AvgIpc) is 2.38. The molecule has 1 aliphatic carbocycles. The van der Waals surface area contributed by atoms with Gasteiger partial charge in [-0.15, -0.1) is 0 Å². The summed E-state index contributed by atoms with van der Waals surface area (Å²) in [7, 11) is 1.66. The Morgan fingerprint density at radius 2 is 2.30 bits per heavy atom. The summed E-state index contributed by atoms with van der Waals surface area (Å²) in [4.78, 5) is 0. The first-order chi connectivity index (χ1) is 9.52. The van der Waals surface area contributed by atoms with Gasteiger partial charge in [-0.05, 0) is 37.0 Å². The van der Waals surface area contributed by atoms with E-state index in [-0.39, 0.29) is 0 Å². The summed E-state index contributed by atoms with van der Waals surface area (Å²) in [6.45, 7) is 3.48. The minimum absolute atomic E-state index is 0.566. The molecule has 1 aliphatic rings. The van der Waals surface area contributed by atoms with E-state index in [2.05, 4.69) is 12.2 Å². The third-order valence-corrected chi connectivity index (χ3v) is 4.31. The van der Waals surface area contributed by atoms with Gasteiger partial charge in [0, 0.05) is 23.7 Å². The molecule has 1 saturated carbocycles. The predicted molar refractivity (Wildman–Crippen MR) is 82.3 cm³/mol. The molecule has 4 heteroatoms. The van der Waals surface area contributed by atoms with Gasteiger partial charge in [0.1, 0.15) is 5.75 Å². The van der Waals surface area contributed by atoms with Crippen molar-refractivity contribution < 1.29 is 9.84 Å². The number of rotatable bonds is 5. The molecule has 0 radical (unpaired) electrons. The van der Waals surface area contributed by atoms with E-state index in [1.54, 1.807) is 7.11 Å². The van der Waals surface area contributed by atoms with E-state index in [9.17, 15) is 5.11 Å². The zero-order valence-corrected chi connectivity index (χ0v) is 13.0. The summed E-state index contributed by atoms with van der Waals surface area (Å²) in [5.41, 5.74) is 0.455. The van der Waals surface area contributed by atoms with Crippen molar-refractivity contribution in [3.63, 3.8) is 0 Å². The molecule has 0 spiro atoms. The van der Waals surface area contributed by atoms with Gasteiger partial charge in [-0.2, -0.15) is 0 Å². The maximum Gasteiger partial charge on any atom is 0.123 e. The Morgan fingerprint density at radius 1 is 1.50 bits per heavy atom. The Bertz CT molecular complexity index is 452. The average molecular weight is 298 g/mol. The first-order valence-electron chi connectivity index (χ1n) is 7.28. The highest BCUT2D eigenvalue weighted by molar-refractivity contribution is 6.30. The van der Waals surface area contributed by atoms with Crippen molar-refractivity contribution in [2.24, 2.45) is 5.92 Å². The summed E-state index contributed by atoms with van der Waals surface area (Å²) in [5, 5.41) is 14.6. The van der Waals surface area contributed by atoms with Gasteiger partial charge in [-0.25, -0.2) is 0 Å². The molecule has 0 heterocycles. The Morgan fingerprint density at radius 3 is 3.00 bits per heavy atom. The van der Waals surface area contributed by atoms with Gasteiger partial charge in [0.15, 0.2) is 0 Å². The molecule has 0 bridgehead atoms. The lowest BCUT2D eigenvalue weighted by Gasteiger charge is -2.35. The number of methoxy groups -OCH3 is 1. The Labute approximate surface area is 126 Å². The topological polar surface area (TPSA) is 41.5 Å². The second-order valence-electron chi connectivity index (χ2n) is 5.99. The van der Waals surface area contributed by atoms with E-state index in [1.165, 1.54) is 6.42 Å². The van der Waals surface area contributed by atoms with E-state index >= 15 is 0 Å². The van der Waals surface area contributed by atoms with Crippen molar-refractivity contribution in [2.75, 3.05) is 13.7 Å². The smallest absolute Gasteiger partial charge is 0.123 e. The first-order valence-corrected chi connectivity index (χ1v) is 7.66. The lowest BCUT2D eigenvalue weighted by atomic mass is 9.79. The number of nitrogens with one attached hydrogen (secondary N) is 1. The molecule has 2 N–H and O–H groups in total. The zero-order valence-electron chi connectivity index (χ0n) is 12.3. The minimum atomic E-state index is -0.566. The molecule has 1 aromatic rings. The monoisotopic (exact) mass is 297 g/mol. The van der Waals surface area contributed by atoms with Crippen molar-refractivity contribution in [3.05, 3.63) is 28.8 Å². The van der Waals surface area contributed by atoms with Crippen LogP contribution in [0.4, 0.5) is 0 Å². The number of ether oxygens (including phenoxy) is 1. The summed E-state index contributed by atoms with van der Waals surface area (Å²) in [6.07, 6.45) is 4.11. The van der Waals surface area contributed by atoms with Crippen LogP contribution in [0.1, 0.15) is 38.2 Å². The number of hydrogen-bond donors (Lipinski definition) is 2. The van der Waals surface area contributed by atoms with Crippen molar-refractivity contribution in [1.29, 1.82) is 0 Å². The van der Waals surface area contributed by atoms with Crippen LogP contribution in [0.3, 0.4) is 0 Å². The molecule has 2 atom stereocenters. The van der Waals surface area contributed by atoms with Crippen LogP contribution in [-0.2, 0) is 6.54 Å². The number of hydrogen-bond acceptors (Lipinski definition) is 3. The highest BCUT2D eigenvalue weighted by atomic mass is 35.5. The Hall–Kier alpha value is -0.770. The van der Waals surface area contributed by atoms with E-state index in [4.69, 9.17) is 16.3 Å². The summed E-state index contributed by atoms with van der Waals surface area (Å²) >= 11 is 6.02. The van der Waals surface area contributed by atoms with Gasteiger partial charge in [0.2, 0.25) is 0 Å². The van der Waals surface area contributed by atoms with Gasteiger partial charge in [0.25, 0.3) is 0 Å². The standard InChI is InChI=1S/C16H24ClNO2/c1-12-4-3-7-16(19,9-12)11-18-10-13-8-14(17)5-6-15(13)20-2/h5-6,8,12,18-19H,3-4,7,9-11H2,1-2H3. The van der Waals surface area contributed by atoms with Crippen molar-refractivity contribution in [3.8, 4) is 5.75 Å². The van der Waals surface area contributed by atoms with Crippen LogP contribution in [0.2, 0.25) is 5.02 Å². The molecule has 112 valence electrons. The minimum Gasteiger partial charge on any atom is -0.496 e. The summed E-state index contributed by atoms with van der Waals surface area (Å²) < 4.78 is 5.32. The molecule has 0 saturated heterocycles. The zero-order chi connectivity index (χ0) is 14.6.